The van der Waals surface area contributed by atoms with E-state index in [1.807, 2.05) is 48.4 Å². The van der Waals surface area contributed by atoms with Crippen LogP contribution in [0.5, 0.6) is 5.75 Å². The zero-order chi connectivity index (χ0) is 18.4. The summed E-state index contributed by atoms with van der Waals surface area (Å²) in [4.78, 5) is 21.0. The van der Waals surface area contributed by atoms with Crippen LogP contribution < -0.4 is 4.74 Å². The molecule has 0 radical (unpaired) electrons. The van der Waals surface area contributed by atoms with Crippen LogP contribution in [0.1, 0.15) is 16.8 Å². The molecule has 5 nitrogen and oxygen atoms in total. The summed E-state index contributed by atoms with van der Waals surface area (Å²) in [7, 11) is 0. The molecule has 2 heterocycles. The highest BCUT2D eigenvalue weighted by molar-refractivity contribution is 5.85. The number of carbonyl (C=O) groups excluding carboxylic acids is 1. The molecule has 1 amide bonds. The van der Waals surface area contributed by atoms with Crippen molar-refractivity contribution >= 4 is 18.3 Å². The van der Waals surface area contributed by atoms with Gasteiger partial charge in [0.15, 0.2) is 6.61 Å². The fourth-order valence-corrected chi connectivity index (χ4v) is 3.08. The van der Waals surface area contributed by atoms with Crippen LogP contribution in [-0.2, 0) is 11.2 Å². The lowest BCUT2D eigenvalue weighted by molar-refractivity contribution is -0.135. The van der Waals surface area contributed by atoms with Gasteiger partial charge in [-0.2, -0.15) is 0 Å². The van der Waals surface area contributed by atoms with Gasteiger partial charge in [0.1, 0.15) is 5.75 Å². The predicted octanol–water partition coefficient (Wildman–Crippen LogP) is 2.89. The minimum Gasteiger partial charge on any atom is -0.484 e. The first-order valence-electron chi connectivity index (χ1n) is 9.22. The van der Waals surface area contributed by atoms with Crippen molar-refractivity contribution in [3.05, 3.63) is 59.4 Å². The molecule has 0 bridgehead atoms. The minimum absolute atomic E-state index is 0. The van der Waals surface area contributed by atoms with Crippen LogP contribution in [0.2, 0.25) is 0 Å². The van der Waals surface area contributed by atoms with Gasteiger partial charge in [0, 0.05) is 51.0 Å². The van der Waals surface area contributed by atoms with E-state index in [4.69, 9.17) is 4.74 Å². The summed E-state index contributed by atoms with van der Waals surface area (Å²) in [5.74, 6) is 0.822. The minimum atomic E-state index is 0. The first kappa shape index (κ1) is 21.2. The van der Waals surface area contributed by atoms with Gasteiger partial charge < -0.3 is 9.64 Å². The maximum Gasteiger partial charge on any atom is 0.260 e. The van der Waals surface area contributed by atoms with Crippen LogP contribution in [-0.4, -0.2) is 60.0 Å². The zero-order valence-electron chi connectivity index (χ0n) is 16.1. The summed E-state index contributed by atoms with van der Waals surface area (Å²) >= 11 is 0. The van der Waals surface area contributed by atoms with Crippen molar-refractivity contribution in [3.63, 3.8) is 0 Å². The first-order valence-corrected chi connectivity index (χ1v) is 9.22. The molecule has 6 heteroatoms. The van der Waals surface area contributed by atoms with Gasteiger partial charge in [0.25, 0.3) is 5.91 Å². The van der Waals surface area contributed by atoms with Gasteiger partial charge in [0.05, 0.1) is 0 Å². The summed E-state index contributed by atoms with van der Waals surface area (Å²) in [6.45, 7) is 8.54. The van der Waals surface area contributed by atoms with Gasteiger partial charge in [-0.3, -0.25) is 14.7 Å². The standard InChI is InChI=1S/C21H27N3O2.ClH/c1-17-6-7-20(15-18(17)2)26-16-21(25)24-13-11-23(12-14-24)10-8-19-5-3-4-9-22-19;/h3-7,9,15H,8,10-14,16H2,1-2H3;1H. The van der Waals surface area contributed by atoms with E-state index in [0.29, 0.717) is 0 Å². The molecule has 1 aromatic heterocycles. The molecule has 0 unspecified atom stereocenters. The Labute approximate surface area is 167 Å². The highest BCUT2D eigenvalue weighted by Crippen LogP contribution is 2.16. The Morgan fingerprint density at radius 1 is 1.07 bits per heavy atom. The molecule has 2 aromatic rings. The normalized spacial score (nSPS) is 14.5. The van der Waals surface area contributed by atoms with Crippen molar-refractivity contribution in [2.45, 2.75) is 20.3 Å². The molecule has 1 aliphatic heterocycles. The smallest absolute Gasteiger partial charge is 0.260 e. The lowest BCUT2D eigenvalue weighted by atomic mass is 10.1. The second kappa shape index (κ2) is 10.3. The number of pyridine rings is 1. The molecule has 1 saturated heterocycles. The molecule has 3 rings (SSSR count). The van der Waals surface area contributed by atoms with Crippen LogP contribution in [0, 0.1) is 13.8 Å². The second-order valence-electron chi connectivity index (χ2n) is 6.83. The van der Waals surface area contributed by atoms with E-state index in [1.54, 1.807) is 0 Å². The van der Waals surface area contributed by atoms with Crippen molar-refractivity contribution in [2.75, 3.05) is 39.3 Å². The number of nitrogens with zero attached hydrogens (tertiary/aromatic N) is 3. The lowest BCUT2D eigenvalue weighted by Gasteiger charge is -2.34. The molecule has 0 N–H and O–H groups in total. The molecular weight excluding hydrogens is 362 g/mol. The van der Waals surface area contributed by atoms with Crippen molar-refractivity contribution in [1.82, 2.24) is 14.8 Å². The topological polar surface area (TPSA) is 45.7 Å². The number of ether oxygens (including phenoxy) is 1. The number of halogens is 1. The molecule has 1 aliphatic rings. The van der Waals surface area contributed by atoms with E-state index in [2.05, 4.69) is 22.9 Å². The average Bonchev–Trinajstić information content (AvgIpc) is 2.68. The predicted molar refractivity (Wildman–Crippen MR) is 110 cm³/mol. The molecule has 0 spiro atoms. The number of hydrogen-bond donors (Lipinski definition) is 0. The Bertz CT molecular complexity index is 731. The van der Waals surface area contributed by atoms with E-state index < -0.39 is 0 Å². The Balaban J connectivity index is 0.00000261. The maximum absolute atomic E-state index is 12.4. The Hall–Kier alpha value is -2.11. The van der Waals surface area contributed by atoms with Gasteiger partial charge in [-0.15, -0.1) is 12.4 Å². The number of hydrogen-bond acceptors (Lipinski definition) is 4. The van der Waals surface area contributed by atoms with Gasteiger partial charge >= 0.3 is 0 Å². The van der Waals surface area contributed by atoms with Crippen LogP contribution in [0.25, 0.3) is 0 Å². The number of amides is 1. The zero-order valence-corrected chi connectivity index (χ0v) is 16.9. The number of aromatic nitrogens is 1. The summed E-state index contributed by atoms with van der Waals surface area (Å²) in [6.07, 6.45) is 2.78. The van der Waals surface area contributed by atoms with Gasteiger partial charge in [-0.05, 0) is 49.2 Å². The molecule has 0 saturated carbocycles. The van der Waals surface area contributed by atoms with Crippen molar-refractivity contribution < 1.29 is 9.53 Å². The van der Waals surface area contributed by atoms with Crippen molar-refractivity contribution in [2.24, 2.45) is 0 Å². The average molecular weight is 390 g/mol. The highest BCUT2D eigenvalue weighted by Gasteiger charge is 2.21. The first-order chi connectivity index (χ1) is 12.6. The van der Waals surface area contributed by atoms with Crippen LogP contribution in [0.4, 0.5) is 0 Å². The molecule has 0 atom stereocenters. The summed E-state index contributed by atoms with van der Waals surface area (Å²) < 4.78 is 5.68. The largest absolute Gasteiger partial charge is 0.484 e. The third-order valence-electron chi connectivity index (χ3n) is 4.98. The van der Waals surface area contributed by atoms with Gasteiger partial charge in [-0.1, -0.05) is 12.1 Å². The van der Waals surface area contributed by atoms with E-state index >= 15 is 0 Å². The maximum atomic E-state index is 12.4. The monoisotopic (exact) mass is 389 g/mol. The Morgan fingerprint density at radius 3 is 2.52 bits per heavy atom. The number of piperazine rings is 1. The molecular formula is C21H28ClN3O2. The van der Waals surface area contributed by atoms with Gasteiger partial charge in [-0.25, -0.2) is 0 Å². The third-order valence-corrected chi connectivity index (χ3v) is 4.98. The second-order valence-corrected chi connectivity index (χ2v) is 6.83. The van der Waals surface area contributed by atoms with Crippen LogP contribution in [0.3, 0.4) is 0 Å². The van der Waals surface area contributed by atoms with Crippen molar-refractivity contribution in [1.29, 1.82) is 0 Å². The summed E-state index contributed by atoms with van der Waals surface area (Å²) in [5, 5.41) is 0. The lowest BCUT2D eigenvalue weighted by Crippen LogP contribution is -2.50. The number of carbonyl (C=O) groups is 1. The highest BCUT2D eigenvalue weighted by atomic mass is 35.5. The summed E-state index contributed by atoms with van der Waals surface area (Å²) in [5.41, 5.74) is 3.52. The van der Waals surface area contributed by atoms with E-state index in [-0.39, 0.29) is 24.9 Å². The number of benzene rings is 1. The quantitative estimate of drug-likeness (QED) is 0.762. The Morgan fingerprint density at radius 2 is 1.85 bits per heavy atom. The van der Waals surface area contributed by atoms with Gasteiger partial charge in [0.2, 0.25) is 0 Å². The van der Waals surface area contributed by atoms with Crippen molar-refractivity contribution in [3.8, 4) is 5.75 Å². The van der Waals surface area contributed by atoms with E-state index in [0.717, 1.165) is 50.6 Å². The Kier molecular flexibility index (Phi) is 8.07. The fourth-order valence-electron chi connectivity index (χ4n) is 3.08. The number of aryl methyl sites for hydroxylation is 2. The molecule has 27 heavy (non-hydrogen) atoms. The van der Waals surface area contributed by atoms with Crippen LogP contribution in [0.15, 0.2) is 42.6 Å². The fraction of sp³-hybridized carbons (Fsp3) is 0.429. The molecule has 0 aliphatic carbocycles. The SMILES string of the molecule is Cc1ccc(OCC(=O)N2CCN(CCc3ccccn3)CC2)cc1C.Cl. The number of rotatable bonds is 6. The third kappa shape index (κ3) is 6.22. The molecule has 1 aromatic carbocycles. The van der Waals surface area contributed by atoms with E-state index in [9.17, 15) is 4.79 Å². The molecule has 1 fully saturated rings. The summed E-state index contributed by atoms with van der Waals surface area (Å²) in [6, 6.07) is 11.9. The van der Waals surface area contributed by atoms with E-state index in [1.165, 1.54) is 11.1 Å². The van der Waals surface area contributed by atoms with Crippen LogP contribution >= 0.6 is 12.4 Å². The molecule has 146 valence electrons.